The summed E-state index contributed by atoms with van der Waals surface area (Å²) in [6.45, 7) is -0.426. The second kappa shape index (κ2) is 4.41. The monoisotopic (exact) mass is 252 g/mol. The molecule has 0 unspecified atom stereocenters. The van der Waals surface area contributed by atoms with Crippen LogP contribution in [0.25, 0.3) is 0 Å². The molecule has 1 aromatic rings. The summed E-state index contributed by atoms with van der Waals surface area (Å²) in [4.78, 5) is 12.8. The van der Waals surface area contributed by atoms with Gasteiger partial charge in [0.05, 0.1) is 11.3 Å². The molecule has 7 nitrogen and oxygen atoms in total. The first-order valence-electron chi connectivity index (χ1n) is 4.13. The quantitative estimate of drug-likeness (QED) is 0.610. The molecule has 0 saturated heterocycles. The van der Waals surface area contributed by atoms with Gasteiger partial charge in [-0.1, -0.05) is 0 Å². The van der Waals surface area contributed by atoms with Crippen LogP contribution < -0.4 is 16.2 Å². The number of halogens is 3. The highest BCUT2D eigenvalue weighted by atomic mass is 19.4. The zero-order valence-corrected chi connectivity index (χ0v) is 8.19. The third kappa shape index (κ3) is 2.93. The van der Waals surface area contributed by atoms with Crippen molar-refractivity contribution in [2.75, 3.05) is 5.73 Å². The van der Waals surface area contributed by atoms with Crippen molar-refractivity contribution < 1.29 is 22.8 Å². The molecule has 0 aromatic carbocycles. The maximum absolute atomic E-state index is 11.9. The van der Waals surface area contributed by atoms with Gasteiger partial charge in [-0.3, -0.25) is 0 Å². The van der Waals surface area contributed by atoms with Crippen LogP contribution in [-0.2, 0) is 6.54 Å². The normalized spacial score (nSPS) is 11.3. The Morgan fingerprint density at radius 2 is 2.12 bits per heavy atom. The lowest BCUT2D eigenvalue weighted by Crippen LogP contribution is -2.19. The summed E-state index contributed by atoms with van der Waals surface area (Å²) in [7, 11) is 0. The number of nitrogens with two attached hydrogens (primary N) is 2. The number of pyridine rings is 1. The van der Waals surface area contributed by atoms with Crippen LogP contribution in [0.1, 0.15) is 5.56 Å². The summed E-state index contributed by atoms with van der Waals surface area (Å²) in [5.74, 6) is -1.51. The number of aromatic nitrogens is 1. The summed E-state index contributed by atoms with van der Waals surface area (Å²) >= 11 is 0. The Kier molecular flexibility index (Phi) is 3.36. The van der Waals surface area contributed by atoms with Crippen LogP contribution in [0.5, 0.6) is 5.75 Å². The van der Waals surface area contributed by atoms with E-state index in [4.69, 9.17) is 11.5 Å². The molecule has 10 heteroatoms. The molecule has 0 aliphatic heterocycles. The van der Waals surface area contributed by atoms with E-state index in [0.29, 0.717) is 6.20 Å². The van der Waals surface area contributed by atoms with Crippen LogP contribution in [0.3, 0.4) is 0 Å². The molecular weight excluding hydrogens is 245 g/mol. The van der Waals surface area contributed by atoms with E-state index in [-0.39, 0.29) is 5.56 Å². The van der Waals surface area contributed by atoms with Crippen molar-refractivity contribution >= 4 is 11.5 Å². The lowest BCUT2D eigenvalue weighted by atomic mass is 10.2. The number of rotatable bonds is 3. The van der Waals surface area contributed by atoms with Gasteiger partial charge in [-0.15, -0.1) is 13.2 Å². The molecule has 0 saturated carbocycles. The molecule has 0 atom stereocenters. The number of hydrogen-bond acceptors (Lipinski definition) is 6. The predicted octanol–water partition coefficient (Wildman–Crippen LogP) is 0.929. The summed E-state index contributed by atoms with van der Waals surface area (Å²) in [5.41, 5.74) is 9.59. The van der Waals surface area contributed by atoms with E-state index < -0.39 is 35.1 Å². The Morgan fingerprint density at radius 1 is 1.53 bits per heavy atom. The van der Waals surface area contributed by atoms with Crippen LogP contribution in [-0.4, -0.2) is 16.3 Å². The highest BCUT2D eigenvalue weighted by molar-refractivity contribution is 5.62. The first-order chi connectivity index (χ1) is 7.76. The molecule has 1 rings (SSSR count). The summed E-state index contributed by atoms with van der Waals surface area (Å²) in [5, 5.41) is 10.5. The van der Waals surface area contributed by atoms with E-state index in [1.807, 2.05) is 0 Å². The fourth-order valence-electron chi connectivity index (χ4n) is 1.10. The molecule has 1 aromatic heterocycles. The zero-order valence-electron chi connectivity index (χ0n) is 8.19. The first kappa shape index (κ1) is 13.0. The zero-order chi connectivity index (χ0) is 13.2. The number of ether oxygens (including phenoxy) is 1. The van der Waals surface area contributed by atoms with Crippen LogP contribution in [0, 0.1) is 10.1 Å². The maximum Gasteiger partial charge on any atom is 0.573 e. The second-order valence-corrected chi connectivity index (χ2v) is 2.85. The highest BCUT2D eigenvalue weighted by Crippen LogP contribution is 2.33. The van der Waals surface area contributed by atoms with Crippen molar-refractivity contribution in [3.8, 4) is 5.75 Å². The number of alkyl halides is 3. The van der Waals surface area contributed by atoms with Gasteiger partial charge < -0.3 is 26.3 Å². The van der Waals surface area contributed by atoms with Crippen LogP contribution in [0.4, 0.5) is 24.7 Å². The Labute approximate surface area is 92.3 Å². The lowest BCUT2D eigenvalue weighted by Gasteiger charge is -2.11. The summed E-state index contributed by atoms with van der Waals surface area (Å²) in [6, 6.07) is 0. The Bertz CT molecular complexity index is 449. The minimum Gasteiger partial charge on any atom is -0.399 e. The first-order valence-corrected chi connectivity index (χ1v) is 4.13. The van der Waals surface area contributed by atoms with Crippen LogP contribution in [0.2, 0.25) is 0 Å². The topological polar surface area (TPSA) is 117 Å². The number of hydrogen-bond donors (Lipinski definition) is 2. The SMILES string of the molecule is NCc1c([N+](=O)[O-])ncc(OC(F)(F)F)c1N. The van der Waals surface area contributed by atoms with Gasteiger partial charge in [0.25, 0.3) is 0 Å². The molecule has 0 aliphatic rings. The smallest absolute Gasteiger partial charge is 0.399 e. The van der Waals surface area contributed by atoms with Gasteiger partial charge in [-0.05, 0) is 9.91 Å². The largest absolute Gasteiger partial charge is 0.573 e. The van der Waals surface area contributed by atoms with Crippen LogP contribution >= 0.6 is 0 Å². The lowest BCUT2D eigenvalue weighted by molar-refractivity contribution is -0.390. The Hall–Kier alpha value is -2.10. The predicted molar refractivity (Wildman–Crippen MR) is 49.9 cm³/mol. The summed E-state index contributed by atoms with van der Waals surface area (Å²) < 4.78 is 39.4. The fraction of sp³-hybridized carbons (Fsp3) is 0.286. The van der Waals surface area contributed by atoms with Crippen molar-refractivity contribution in [1.82, 2.24) is 4.98 Å². The highest BCUT2D eigenvalue weighted by Gasteiger charge is 2.34. The molecule has 0 bridgehead atoms. The molecular formula is C7H7F3N4O3. The minimum absolute atomic E-state index is 0.309. The number of nitrogen functional groups attached to an aromatic ring is 1. The van der Waals surface area contributed by atoms with E-state index in [2.05, 4.69) is 9.72 Å². The molecule has 0 amide bonds. The molecule has 0 fully saturated rings. The average molecular weight is 252 g/mol. The van der Waals surface area contributed by atoms with Gasteiger partial charge in [0.1, 0.15) is 0 Å². The van der Waals surface area contributed by atoms with Crippen LogP contribution in [0.15, 0.2) is 6.20 Å². The molecule has 1 heterocycles. The average Bonchev–Trinajstić information content (AvgIpc) is 2.18. The van der Waals surface area contributed by atoms with Crippen molar-refractivity contribution in [1.29, 1.82) is 0 Å². The Balaban J connectivity index is 3.25. The van der Waals surface area contributed by atoms with Gasteiger partial charge in [0.2, 0.25) is 0 Å². The molecule has 0 aliphatic carbocycles. The van der Waals surface area contributed by atoms with Crippen molar-refractivity contribution in [3.63, 3.8) is 0 Å². The maximum atomic E-state index is 11.9. The van der Waals surface area contributed by atoms with E-state index >= 15 is 0 Å². The van der Waals surface area contributed by atoms with Crippen molar-refractivity contribution in [2.45, 2.75) is 12.9 Å². The Morgan fingerprint density at radius 3 is 2.53 bits per heavy atom. The standard InChI is InChI=1S/C7H7F3N4O3/c8-7(9,10)17-4-2-13-6(14(15)16)3(1-11)5(4)12/h2H,1,11H2,(H2,12,13). The summed E-state index contributed by atoms with van der Waals surface area (Å²) in [6.07, 6.45) is -4.43. The van der Waals surface area contributed by atoms with Crippen molar-refractivity contribution in [3.05, 3.63) is 21.9 Å². The third-order valence-electron chi connectivity index (χ3n) is 1.77. The van der Waals surface area contributed by atoms with Crippen molar-refractivity contribution in [2.24, 2.45) is 5.73 Å². The number of nitrogens with zero attached hydrogens (tertiary/aromatic N) is 2. The molecule has 4 N–H and O–H groups in total. The molecule has 0 radical (unpaired) electrons. The van der Waals surface area contributed by atoms with Gasteiger partial charge in [0.15, 0.2) is 11.9 Å². The third-order valence-corrected chi connectivity index (χ3v) is 1.77. The number of nitro groups is 1. The number of anilines is 1. The molecule has 0 spiro atoms. The van der Waals surface area contributed by atoms with Gasteiger partial charge in [-0.25, -0.2) is 0 Å². The van der Waals surface area contributed by atoms with Gasteiger partial charge in [0, 0.05) is 6.54 Å². The van der Waals surface area contributed by atoms with Gasteiger partial charge >= 0.3 is 12.2 Å². The second-order valence-electron chi connectivity index (χ2n) is 2.85. The van der Waals surface area contributed by atoms with E-state index in [9.17, 15) is 23.3 Å². The van der Waals surface area contributed by atoms with E-state index in [1.54, 1.807) is 0 Å². The van der Waals surface area contributed by atoms with Gasteiger partial charge in [-0.2, -0.15) is 0 Å². The molecule has 17 heavy (non-hydrogen) atoms. The molecule has 94 valence electrons. The fourth-order valence-corrected chi connectivity index (χ4v) is 1.10. The van der Waals surface area contributed by atoms with E-state index in [1.165, 1.54) is 0 Å². The minimum atomic E-state index is -4.96. The van der Waals surface area contributed by atoms with E-state index in [0.717, 1.165) is 0 Å².